The van der Waals surface area contributed by atoms with Crippen LogP contribution in [-0.2, 0) is 0 Å². The van der Waals surface area contributed by atoms with Crippen molar-refractivity contribution in [2.75, 3.05) is 26.2 Å². The van der Waals surface area contributed by atoms with Gasteiger partial charge in [-0.1, -0.05) is 25.6 Å². The number of fused-ring (bicyclic) bond motifs is 1. The lowest BCUT2D eigenvalue weighted by Crippen LogP contribution is -2.59. The van der Waals surface area contributed by atoms with Gasteiger partial charge in [0.25, 0.3) is 0 Å². The van der Waals surface area contributed by atoms with E-state index in [4.69, 9.17) is 18.0 Å². The van der Waals surface area contributed by atoms with Gasteiger partial charge in [-0.2, -0.15) is 0 Å². The van der Waals surface area contributed by atoms with Crippen LogP contribution in [0.15, 0.2) is 0 Å². The van der Waals surface area contributed by atoms with Crippen molar-refractivity contribution >= 4 is 17.2 Å². The molecule has 2 atom stereocenters. The number of nitrogens with two attached hydrogens (primary N) is 1. The normalized spacial score (nSPS) is 29.7. The zero-order valence-electron chi connectivity index (χ0n) is 10.2. The summed E-state index contributed by atoms with van der Waals surface area (Å²) in [5.41, 5.74) is 5.82. The molecule has 0 spiro atoms. The highest BCUT2D eigenvalue weighted by molar-refractivity contribution is 7.80. The quantitative estimate of drug-likeness (QED) is 0.753. The average Bonchev–Trinajstić information content (AvgIpc) is 2.29. The van der Waals surface area contributed by atoms with Crippen LogP contribution < -0.4 is 5.73 Å². The number of thiocarbonyl (C=S) groups is 1. The highest BCUT2D eigenvalue weighted by Gasteiger charge is 2.32. The van der Waals surface area contributed by atoms with Gasteiger partial charge in [0.2, 0.25) is 0 Å². The summed E-state index contributed by atoms with van der Waals surface area (Å²) in [5.74, 6) is 0. The van der Waals surface area contributed by atoms with E-state index in [0.717, 1.165) is 25.6 Å². The van der Waals surface area contributed by atoms with Crippen LogP contribution in [0.3, 0.4) is 0 Å². The second-order valence-corrected chi connectivity index (χ2v) is 5.48. The Morgan fingerprint density at radius 2 is 2.19 bits per heavy atom. The summed E-state index contributed by atoms with van der Waals surface area (Å²) >= 11 is 5.17. The van der Waals surface area contributed by atoms with Gasteiger partial charge in [0.1, 0.15) is 0 Å². The van der Waals surface area contributed by atoms with Crippen molar-refractivity contribution in [3.05, 3.63) is 0 Å². The van der Waals surface area contributed by atoms with Crippen LogP contribution in [0.5, 0.6) is 0 Å². The molecule has 92 valence electrons. The van der Waals surface area contributed by atoms with Gasteiger partial charge in [-0.3, -0.25) is 9.80 Å². The molecule has 0 aromatic rings. The maximum Gasteiger partial charge on any atom is 0.0901 e. The molecule has 4 heteroatoms. The Hall–Kier alpha value is -0.190. The molecule has 2 fully saturated rings. The van der Waals surface area contributed by atoms with Crippen molar-refractivity contribution in [1.29, 1.82) is 0 Å². The minimum absolute atomic E-state index is 0.319. The Morgan fingerprint density at radius 3 is 2.88 bits per heavy atom. The lowest BCUT2D eigenvalue weighted by atomic mass is 9.98. The largest absolute Gasteiger partial charge is 0.392 e. The first kappa shape index (κ1) is 12.3. The Labute approximate surface area is 104 Å². The van der Waals surface area contributed by atoms with Gasteiger partial charge in [0.15, 0.2) is 0 Å². The van der Waals surface area contributed by atoms with E-state index in [9.17, 15) is 0 Å². The molecule has 16 heavy (non-hydrogen) atoms. The fraction of sp³-hybridized carbons (Fsp3) is 0.917. The predicted octanol–water partition coefficient (Wildman–Crippen LogP) is 1.22. The van der Waals surface area contributed by atoms with Crippen molar-refractivity contribution < 1.29 is 0 Å². The molecular weight excluding hydrogens is 218 g/mol. The van der Waals surface area contributed by atoms with Gasteiger partial charge >= 0.3 is 0 Å². The van der Waals surface area contributed by atoms with Crippen molar-refractivity contribution in [2.45, 2.75) is 44.7 Å². The molecule has 3 nitrogen and oxygen atoms in total. The van der Waals surface area contributed by atoms with Crippen molar-refractivity contribution in [3.8, 4) is 0 Å². The summed E-state index contributed by atoms with van der Waals surface area (Å²) in [5, 5.41) is 0. The lowest BCUT2D eigenvalue weighted by Gasteiger charge is -2.46. The number of hydrogen-bond acceptors (Lipinski definition) is 3. The number of piperidine rings is 1. The predicted molar refractivity (Wildman–Crippen MR) is 71.6 cm³/mol. The minimum Gasteiger partial charge on any atom is -0.392 e. The van der Waals surface area contributed by atoms with Crippen molar-refractivity contribution in [2.24, 2.45) is 5.73 Å². The summed E-state index contributed by atoms with van der Waals surface area (Å²) in [6.07, 6.45) is 5.16. The molecule has 0 aromatic carbocycles. The van der Waals surface area contributed by atoms with E-state index < -0.39 is 0 Å². The van der Waals surface area contributed by atoms with Gasteiger partial charge in [-0.25, -0.2) is 0 Å². The van der Waals surface area contributed by atoms with Crippen LogP contribution in [0.1, 0.15) is 32.6 Å². The summed E-state index contributed by atoms with van der Waals surface area (Å²) in [6, 6.07) is 1.07. The minimum atomic E-state index is 0.319. The average molecular weight is 241 g/mol. The second-order valence-electron chi connectivity index (χ2n) is 5.01. The molecule has 2 heterocycles. The molecule has 2 unspecified atom stereocenters. The highest BCUT2D eigenvalue weighted by Crippen LogP contribution is 2.22. The Balaban J connectivity index is 1.95. The van der Waals surface area contributed by atoms with E-state index in [1.165, 1.54) is 32.4 Å². The monoisotopic (exact) mass is 241 g/mol. The molecule has 2 aliphatic rings. The highest BCUT2D eigenvalue weighted by atomic mass is 32.1. The van der Waals surface area contributed by atoms with Crippen LogP contribution in [-0.4, -0.2) is 53.1 Å². The molecule has 0 aromatic heterocycles. The molecule has 0 amide bonds. The molecule has 0 saturated carbocycles. The van der Waals surface area contributed by atoms with E-state index in [1.54, 1.807) is 0 Å². The van der Waals surface area contributed by atoms with E-state index >= 15 is 0 Å². The SMILES string of the molecule is CCC(C(N)=S)N1CCN2CCCCC2C1. The fourth-order valence-electron chi connectivity index (χ4n) is 3.10. The van der Waals surface area contributed by atoms with E-state index in [-0.39, 0.29) is 0 Å². The fourth-order valence-corrected chi connectivity index (χ4v) is 3.42. The van der Waals surface area contributed by atoms with Gasteiger partial charge in [-0.05, 0) is 25.8 Å². The molecule has 0 aliphatic carbocycles. The molecule has 2 rings (SSSR count). The summed E-state index contributed by atoms with van der Waals surface area (Å²) in [4.78, 5) is 5.81. The summed E-state index contributed by atoms with van der Waals surface area (Å²) in [7, 11) is 0. The van der Waals surface area contributed by atoms with Crippen LogP contribution in [0.25, 0.3) is 0 Å². The summed E-state index contributed by atoms with van der Waals surface area (Å²) < 4.78 is 0. The summed E-state index contributed by atoms with van der Waals surface area (Å²) in [6.45, 7) is 6.96. The van der Waals surface area contributed by atoms with E-state index in [2.05, 4.69) is 16.7 Å². The number of piperazine rings is 1. The van der Waals surface area contributed by atoms with Crippen molar-refractivity contribution in [3.63, 3.8) is 0 Å². The first-order valence-electron chi connectivity index (χ1n) is 6.49. The lowest BCUT2D eigenvalue weighted by molar-refractivity contribution is 0.0398. The van der Waals surface area contributed by atoms with Crippen LogP contribution >= 0.6 is 12.2 Å². The molecule has 2 saturated heterocycles. The van der Waals surface area contributed by atoms with E-state index in [0.29, 0.717) is 11.0 Å². The van der Waals surface area contributed by atoms with Gasteiger partial charge in [0, 0.05) is 25.7 Å². The molecular formula is C12H23N3S. The van der Waals surface area contributed by atoms with Crippen LogP contribution in [0.4, 0.5) is 0 Å². The third kappa shape index (κ3) is 2.55. The molecule has 2 aliphatic heterocycles. The number of nitrogens with zero attached hydrogens (tertiary/aromatic N) is 2. The zero-order valence-corrected chi connectivity index (χ0v) is 11.0. The van der Waals surface area contributed by atoms with Gasteiger partial charge < -0.3 is 5.73 Å². The number of hydrogen-bond donors (Lipinski definition) is 1. The third-order valence-electron chi connectivity index (χ3n) is 4.02. The maximum atomic E-state index is 5.82. The Morgan fingerprint density at radius 1 is 1.38 bits per heavy atom. The Bertz CT molecular complexity index is 257. The van der Waals surface area contributed by atoms with E-state index in [1.807, 2.05) is 0 Å². The maximum absolute atomic E-state index is 5.82. The van der Waals surface area contributed by atoms with Gasteiger partial charge in [0.05, 0.1) is 11.0 Å². The first-order chi connectivity index (χ1) is 7.72. The van der Waals surface area contributed by atoms with Crippen molar-refractivity contribution in [1.82, 2.24) is 9.80 Å². The smallest absolute Gasteiger partial charge is 0.0901 e. The third-order valence-corrected chi connectivity index (χ3v) is 4.30. The van der Waals surface area contributed by atoms with Crippen LogP contribution in [0, 0.1) is 0 Å². The van der Waals surface area contributed by atoms with Gasteiger partial charge in [-0.15, -0.1) is 0 Å². The molecule has 0 bridgehead atoms. The topological polar surface area (TPSA) is 32.5 Å². The second kappa shape index (κ2) is 5.43. The number of rotatable bonds is 3. The zero-order chi connectivity index (χ0) is 11.5. The molecule has 0 radical (unpaired) electrons. The first-order valence-corrected chi connectivity index (χ1v) is 6.90. The molecule has 2 N–H and O–H groups in total. The Kier molecular flexibility index (Phi) is 4.16. The van der Waals surface area contributed by atoms with Crippen LogP contribution in [0.2, 0.25) is 0 Å². The standard InChI is InChI=1S/C12H23N3S/c1-2-11(12(13)16)15-8-7-14-6-4-3-5-10(14)9-15/h10-11H,2-9H2,1H3,(H2,13,16).